The van der Waals surface area contributed by atoms with Gasteiger partial charge in [0.2, 0.25) is 5.91 Å². The van der Waals surface area contributed by atoms with E-state index in [1.54, 1.807) is 13.8 Å². The predicted octanol–water partition coefficient (Wildman–Crippen LogP) is 2.57. The summed E-state index contributed by atoms with van der Waals surface area (Å²) in [6, 6.07) is -0.455. The zero-order valence-corrected chi connectivity index (χ0v) is 9.82. The average molecular weight is 276 g/mol. The zero-order chi connectivity index (χ0) is 11.5. The molecule has 1 unspecified atom stereocenters. The molecular formula is C8H13BrF3NO. The molecule has 14 heavy (non-hydrogen) atoms. The first kappa shape index (κ1) is 13.7. The third-order valence-electron chi connectivity index (χ3n) is 1.60. The molecule has 0 aromatic rings. The Morgan fingerprint density at radius 2 is 1.79 bits per heavy atom. The van der Waals surface area contributed by atoms with Crippen LogP contribution in [-0.4, -0.2) is 34.4 Å². The van der Waals surface area contributed by atoms with Crippen molar-refractivity contribution in [2.45, 2.75) is 37.8 Å². The van der Waals surface area contributed by atoms with Crippen LogP contribution in [0.2, 0.25) is 0 Å². The van der Waals surface area contributed by atoms with Gasteiger partial charge in [0.25, 0.3) is 0 Å². The molecule has 1 atom stereocenters. The van der Waals surface area contributed by atoms with Gasteiger partial charge in [-0.2, -0.15) is 13.2 Å². The van der Waals surface area contributed by atoms with Crippen LogP contribution in [0.3, 0.4) is 0 Å². The van der Waals surface area contributed by atoms with E-state index < -0.39 is 29.5 Å². The largest absolute Gasteiger partial charge is 0.406 e. The van der Waals surface area contributed by atoms with Gasteiger partial charge in [0.1, 0.15) is 6.54 Å². The summed E-state index contributed by atoms with van der Waals surface area (Å²) in [5.41, 5.74) is 0. The third-order valence-corrected chi connectivity index (χ3v) is 1.99. The molecule has 0 N–H and O–H groups in total. The van der Waals surface area contributed by atoms with Gasteiger partial charge in [0, 0.05) is 6.04 Å². The molecular weight excluding hydrogens is 263 g/mol. The van der Waals surface area contributed by atoms with Gasteiger partial charge in [-0.3, -0.25) is 4.79 Å². The van der Waals surface area contributed by atoms with Gasteiger partial charge in [-0.1, -0.05) is 15.9 Å². The lowest BCUT2D eigenvalue weighted by Crippen LogP contribution is -2.45. The molecule has 0 saturated heterocycles. The van der Waals surface area contributed by atoms with E-state index in [9.17, 15) is 18.0 Å². The van der Waals surface area contributed by atoms with E-state index >= 15 is 0 Å². The highest BCUT2D eigenvalue weighted by molar-refractivity contribution is 9.10. The summed E-state index contributed by atoms with van der Waals surface area (Å²) in [7, 11) is 0. The Labute approximate surface area is 89.6 Å². The Kier molecular flexibility index (Phi) is 4.91. The van der Waals surface area contributed by atoms with Crippen molar-refractivity contribution in [3.8, 4) is 0 Å². The van der Waals surface area contributed by atoms with Gasteiger partial charge in [0.05, 0.1) is 4.83 Å². The molecule has 0 spiro atoms. The number of carbonyl (C=O) groups excluding carboxylic acids is 1. The van der Waals surface area contributed by atoms with Crippen molar-refractivity contribution in [3.63, 3.8) is 0 Å². The number of carbonyl (C=O) groups is 1. The van der Waals surface area contributed by atoms with Gasteiger partial charge in [-0.15, -0.1) is 0 Å². The SMILES string of the molecule is CC(Br)C(=O)N(CC(F)(F)F)C(C)C. The normalized spacial score (nSPS) is 14.3. The van der Waals surface area contributed by atoms with Gasteiger partial charge in [-0.25, -0.2) is 0 Å². The molecule has 84 valence electrons. The smallest absolute Gasteiger partial charge is 0.330 e. The fraction of sp³-hybridized carbons (Fsp3) is 0.875. The average Bonchev–Trinajstić information content (AvgIpc) is 1.96. The van der Waals surface area contributed by atoms with Gasteiger partial charge < -0.3 is 4.90 Å². The van der Waals surface area contributed by atoms with Crippen molar-refractivity contribution in [1.29, 1.82) is 0 Å². The van der Waals surface area contributed by atoms with Crippen molar-refractivity contribution in [2.75, 3.05) is 6.54 Å². The van der Waals surface area contributed by atoms with Crippen LogP contribution in [0.15, 0.2) is 0 Å². The zero-order valence-electron chi connectivity index (χ0n) is 8.23. The highest BCUT2D eigenvalue weighted by atomic mass is 79.9. The minimum absolute atomic E-state index is 0.455. The lowest BCUT2D eigenvalue weighted by atomic mass is 10.3. The Morgan fingerprint density at radius 3 is 2.00 bits per heavy atom. The van der Waals surface area contributed by atoms with Crippen LogP contribution in [0.25, 0.3) is 0 Å². The van der Waals surface area contributed by atoms with E-state index in [1.807, 2.05) is 0 Å². The third kappa shape index (κ3) is 4.83. The fourth-order valence-corrected chi connectivity index (χ4v) is 1.20. The molecule has 0 bridgehead atoms. The minimum Gasteiger partial charge on any atom is -0.330 e. The molecule has 0 aromatic carbocycles. The number of nitrogens with zero attached hydrogens (tertiary/aromatic N) is 1. The molecule has 0 rings (SSSR count). The van der Waals surface area contributed by atoms with Gasteiger partial charge in [-0.05, 0) is 20.8 Å². The van der Waals surface area contributed by atoms with Crippen molar-refractivity contribution >= 4 is 21.8 Å². The standard InChI is InChI=1S/C8H13BrF3NO/c1-5(2)13(4-8(10,11)12)7(14)6(3)9/h5-6H,4H2,1-3H3. The van der Waals surface area contributed by atoms with Gasteiger partial charge in [0.15, 0.2) is 0 Å². The van der Waals surface area contributed by atoms with Crippen molar-refractivity contribution in [2.24, 2.45) is 0 Å². The molecule has 6 heteroatoms. The molecule has 1 amide bonds. The Hall–Kier alpha value is -0.260. The summed E-state index contributed by atoms with van der Waals surface area (Å²) in [4.78, 5) is 11.6. The topological polar surface area (TPSA) is 20.3 Å². The molecule has 0 heterocycles. The van der Waals surface area contributed by atoms with E-state index in [4.69, 9.17) is 0 Å². The maximum absolute atomic E-state index is 12.1. The van der Waals surface area contributed by atoms with E-state index in [0.717, 1.165) is 4.90 Å². The van der Waals surface area contributed by atoms with E-state index in [1.165, 1.54) is 6.92 Å². The molecule has 0 fully saturated rings. The minimum atomic E-state index is -4.35. The molecule has 0 saturated carbocycles. The molecule has 0 aliphatic carbocycles. The van der Waals surface area contributed by atoms with Crippen LogP contribution in [0.1, 0.15) is 20.8 Å². The first-order chi connectivity index (χ1) is 6.15. The second-order valence-corrected chi connectivity index (χ2v) is 4.66. The van der Waals surface area contributed by atoms with Crippen LogP contribution >= 0.6 is 15.9 Å². The lowest BCUT2D eigenvalue weighted by molar-refractivity contribution is -0.163. The number of alkyl halides is 4. The van der Waals surface area contributed by atoms with Crippen LogP contribution in [-0.2, 0) is 4.79 Å². The first-order valence-electron chi connectivity index (χ1n) is 4.16. The van der Waals surface area contributed by atoms with Crippen molar-refractivity contribution in [3.05, 3.63) is 0 Å². The Balaban J connectivity index is 4.54. The second-order valence-electron chi connectivity index (χ2n) is 3.29. The molecule has 2 nitrogen and oxygen atoms in total. The van der Waals surface area contributed by atoms with E-state index in [0.29, 0.717) is 0 Å². The predicted molar refractivity (Wildman–Crippen MR) is 51.3 cm³/mol. The molecule has 0 radical (unpaired) electrons. The summed E-state index contributed by atoms with van der Waals surface area (Å²) < 4.78 is 36.2. The van der Waals surface area contributed by atoms with Crippen LogP contribution < -0.4 is 0 Å². The van der Waals surface area contributed by atoms with Gasteiger partial charge >= 0.3 is 6.18 Å². The number of halogens is 4. The first-order valence-corrected chi connectivity index (χ1v) is 5.08. The molecule has 0 aliphatic heterocycles. The fourth-order valence-electron chi connectivity index (χ4n) is 0.937. The maximum Gasteiger partial charge on any atom is 0.406 e. The molecule has 0 aromatic heterocycles. The quantitative estimate of drug-likeness (QED) is 0.725. The van der Waals surface area contributed by atoms with Crippen LogP contribution in [0.4, 0.5) is 13.2 Å². The monoisotopic (exact) mass is 275 g/mol. The summed E-state index contributed by atoms with van der Waals surface area (Å²) in [5.74, 6) is -0.544. The van der Waals surface area contributed by atoms with Crippen LogP contribution in [0.5, 0.6) is 0 Å². The lowest BCUT2D eigenvalue weighted by Gasteiger charge is -2.28. The Bertz CT molecular complexity index is 203. The number of hydrogen-bond acceptors (Lipinski definition) is 1. The maximum atomic E-state index is 12.1. The molecule has 0 aliphatic rings. The van der Waals surface area contributed by atoms with E-state index in [-0.39, 0.29) is 0 Å². The Morgan fingerprint density at radius 1 is 1.36 bits per heavy atom. The number of amides is 1. The highest BCUT2D eigenvalue weighted by Crippen LogP contribution is 2.19. The van der Waals surface area contributed by atoms with Crippen molar-refractivity contribution in [1.82, 2.24) is 4.90 Å². The summed E-state index contributed by atoms with van der Waals surface area (Å²) >= 11 is 2.96. The van der Waals surface area contributed by atoms with E-state index in [2.05, 4.69) is 15.9 Å². The van der Waals surface area contributed by atoms with Crippen molar-refractivity contribution < 1.29 is 18.0 Å². The number of rotatable bonds is 3. The number of hydrogen-bond donors (Lipinski definition) is 0. The van der Waals surface area contributed by atoms with Crippen LogP contribution in [0, 0.1) is 0 Å². The summed E-state index contributed by atoms with van der Waals surface area (Å²) in [6.07, 6.45) is -4.35. The summed E-state index contributed by atoms with van der Waals surface area (Å²) in [5, 5.41) is 0. The summed E-state index contributed by atoms with van der Waals surface area (Å²) in [6.45, 7) is 3.42. The highest BCUT2D eigenvalue weighted by Gasteiger charge is 2.35. The second kappa shape index (κ2) is 5.00.